The molecule has 1 saturated heterocycles. The molecule has 0 N–H and O–H groups in total. The number of hydrogen-bond donors (Lipinski definition) is 0. The Bertz CT molecular complexity index is 837. The number of anilines is 1. The molecule has 2 heterocycles. The molecule has 23 heavy (non-hydrogen) atoms. The first-order valence-electron chi connectivity index (χ1n) is 7.91. The molecule has 2 aromatic carbocycles. The third-order valence-corrected chi connectivity index (χ3v) is 5.15. The van der Waals surface area contributed by atoms with Crippen LogP contribution >= 0.6 is 11.6 Å². The van der Waals surface area contributed by atoms with E-state index in [4.69, 9.17) is 11.6 Å². The summed E-state index contributed by atoms with van der Waals surface area (Å²) < 4.78 is 0. The van der Waals surface area contributed by atoms with Crippen molar-refractivity contribution in [2.45, 2.75) is 32.2 Å². The van der Waals surface area contributed by atoms with Crippen LogP contribution in [0.1, 0.15) is 36.5 Å². The van der Waals surface area contributed by atoms with E-state index in [9.17, 15) is 4.79 Å². The van der Waals surface area contributed by atoms with Gasteiger partial charge >= 0.3 is 0 Å². The number of carbonyl (C=O) groups excluding carboxylic acids is 1. The highest BCUT2D eigenvalue weighted by molar-refractivity contribution is 6.30. The number of halogens is 1. The molecule has 0 radical (unpaired) electrons. The number of aryl methyl sites for hydroxylation is 1. The molecule has 2 nitrogen and oxygen atoms in total. The maximum Gasteiger partial charge on any atom is 0.227 e. The van der Waals surface area contributed by atoms with E-state index in [-0.39, 0.29) is 11.4 Å². The Kier molecular flexibility index (Phi) is 3.14. The predicted octanol–water partition coefficient (Wildman–Crippen LogP) is 4.98. The fraction of sp³-hybridized carbons (Fsp3) is 0.250. The van der Waals surface area contributed by atoms with E-state index in [1.807, 2.05) is 17.0 Å². The summed E-state index contributed by atoms with van der Waals surface area (Å²) in [5, 5.41) is 0.735. The Labute approximate surface area is 141 Å². The third-order valence-electron chi connectivity index (χ3n) is 4.90. The Morgan fingerprint density at radius 2 is 1.87 bits per heavy atom. The van der Waals surface area contributed by atoms with Crippen molar-refractivity contribution in [2.75, 3.05) is 4.90 Å². The summed E-state index contributed by atoms with van der Waals surface area (Å²) in [6.45, 7) is 4.23. The maximum absolute atomic E-state index is 12.4. The molecule has 1 amide bonds. The fourth-order valence-electron chi connectivity index (χ4n) is 3.73. The number of rotatable bonds is 1. The van der Waals surface area contributed by atoms with Crippen LogP contribution in [0.15, 0.2) is 48.5 Å². The minimum Gasteiger partial charge on any atom is -0.302 e. The van der Waals surface area contributed by atoms with Crippen LogP contribution in [0.2, 0.25) is 5.02 Å². The summed E-state index contributed by atoms with van der Waals surface area (Å²) in [6.07, 6.45) is 3.72. The number of hydrogen-bond acceptors (Lipinski definition) is 1. The Morgan fingerprint density at radius 1 is 1.13 bits per heavy atom. The van der Waals surface area contributed by atoms with Crippen LogP contribution in [0.4, 0.5) is 5.69 Å². The standard InChI is InChI=1S/C20H18ClNO/c1-13-3-8-18-16(11-13)17(14-4-6-15(21)7-5-14)12-20(2)10-9-19(23)22(18)20/h3-8,11-12H,9-10H2,1-2H3. The van der Waals surface area contributed by atoms with E-state index in [0.29, 0.717) is 6.42 Å². The second kappa shape index (κ2) is 4.97. The first kappa shape index (κ1) is 14.5. The zero-order valence-corrected chi connectivity index (χ0v) is 14.0. The topological polar surface area (TPSA) is 20.3 Å². The van der Waals surface area contributed by atoms with E-state index in [0.717, 1.165) is 28.3 Å². The molecular weight excluding hydrogens is 306 g/mol. The van der Waals surface area contributed by atoms with Gasteiger partial charge in [-0.05, 0) is 55.7 Å². The lowest BCUT2D eigenvalue weighted by atomic mass is 9.84. The van der Waals surface area contributed by atoms with Gasteiger partial charge in [-0.2, -0.15) is 0 Å². The summed E-state index contributed by atoms with van der Waals surface area (Å²) in [5.41, 5.74) is 5.43. The summed E-state index contributed by atoms with van der Waals surface area (Å²) in [7, 11) is 0. The average molecular weight is 324 g/mol. The molecular formula is C20H18ClNO. The van der Waals surface area contributed by atoms with Crippen LogP contribution in [0.3, 0.4) is 0 Å². The van der Waals surface area contributed by atoms with Gasteiger partial charge in [0.05, 0.1) is 11.2 Å². The van der Waals surface area contributed by atoms with Gasteiger partial charge in [0.25, 0.3) is 0 Å². The van der Waals surface area contributed by atoms with Gasteiger partial charge < -0.3 is 4.90 Å². The Hall–Kier alpha value is -2.06. The molecule has 0 saturated carbocycles. The van der Waals surface area contributed by atoms with Crippen molar-refractivity contribution in [1.29, 1.82) is 0 Å². The molecule has 4 rings (SSSR count). The molecule has 0 aliphatic carbocycles. The SMILES string of the molecule is Cc1ccc2c(c1)C(c1ccc(Cl)cc1)=CC1(C)CCC(=O)N21. The lowest BCUT2D eigenvalue weighted by Gasteiger charge is -2.39. The Balaban J connectivity index is 1.97. The summed E-state index contributed by atoms with van der Waals surface area (Å²) in [4.78, 5) is 14.4. The first-order chi connectivity index (χ1) is 11.0. The summed E-state index contributed by atoms with van der Waals surface area (Å²) in [6, 6.07) is 14.3. The smallest absolute Gasteiger partial charge is 0.227 e. The van der Waals surface area contributed by atoms with Gasteiger partial charge in [-0.25, -0.2) is 0 Å². The van der Waals surface area contributed by atoms with E-state index >= 15 is 0 Å². The lowest BCUT2D eigenvalue weighted by Crippen LogP contribution is -2.44. The van der Waals surface area contributed by atoms with Crippen LogP contribution in [0.25, 0.3) is 5.57 Å². The third kappa shape index (κ3) is 2.21. The highest BCUT2D eigenvalue weighted by Crippen LogP contribution is 2.47. The highest BCUT2D eigenvalue weighted by atomic mass is 35.5. The van der Waals surface area contributed by atoms with Gasteiger partial charge in [0.2, 0.25) is 5.91 Å². The highest BCUT2D eigenvalue weighted by Gasteiger charge is 2.44. The normalized spacial score (nSPS) is 22.7. The molecule has 0 bridgehead atoms. The number of fused-ring (bicyclic) bond motifs is 3. The van der Waals surface area contributed by atoms with Gasteiger partial charge in [0.15, 0.2) is 0 Å². The minimum absolute atomic E-state index is 0.212. The summed E-state index contributed by atoms with van der Waals surface area (Å²) >= 11 is 6.04. The van der Waals surface area contributed by atoms with Crippen LogP contribution in [0, 0.1) is 6.92 Å². The Morgan fingerprint density at radius 3 is 2.61 bits per heavy atom. The van der Waals surface area contributed by atoms with Gasteiger partial charge in [-0.1, -0.05) is 41.4 Å². The van der Waals surface area contributed by atoms with Gasteiger partial charge in [-0.15, -0.1) is 0 Å². The van der Waals surface area contributed by atoms with Crippen molar-refractivity contribution < 1.29 is 4.79 Å². The number of nitrogens with zero attached hydrogens (tertiary/aromatic N) is 1. The zero-order chi connectivity index (χ0) is 16.2. The zero-order valence-electron chi connectivity index (χ0n) is 13.3. The molecule has 2 aliphatic heterocycles. The molecule has 3 heteroatoms. The number of carbonyl (C=O) groups is 1. The van der Waals surface area contributed by atoms with Gasteiger partial charge in [-0.3, -0.25) is 4.79 Å². The van der Waals surface area contributed by atoms with Crippen LogP contribution in [-0.2, 0) is 4.79 Å². The molecule has 0 spiro atoms. The molecule has 1 atom stereocenters. The van der Waals surface area contributed by atoms with Crippen molar-refractivity contribution in [1.82, 2.24) is 0 Å². The molecule has 1 unspecified atom stereocenters. The lowest BCUT2D eigenvalue weighted by molar-refractivity contribution is -0.117. The number of amides is 1. The average Bonchev–Trinajstić information content (AvgIpc) is 2.83. The van der Waals surface area contributed by atoms with Crippen LogP contribution in [0.5, 0.6) is 0 Å². The molecule has 2 aromatic rings. The molecule has 0 aromatic heterocycles. The monoisotopic (exact) mass is 323 g/mol. The molecule has 116 valence electrons. The van der Waals surface area contributed by atoms with Crippen LogP contribution in [-0.4, -0.2) is 11.4 Å². The van der Waals surface area contributed by atoms with Crippen molar-refractivity contribution in [3.8, 4) is 0 Å². The van der Waals surface area contributed by atoms with Crippen molar-refractivity contribution >= 4 is 28.8 Å². The molecule has 1 fully saturated rings. The van der Waals surface area contributed by atoms with Crippen LogP contribution < -0.4 is 4.90 Å². The van der Waals surface area contributed by atoms with Crippen molar-refractivity contribution in [2.24, 2.45) is 0 Å². The van der Waals surface area contributed by atoms with E-state index < -0.39 is 0 Å². The second-order valence-electron chi connectivity index (χ2n) is 6.67. The number of benzene rings is 2. The van der Waals surface area contributed by atoms with E-state index in [1.54, 1.807) is 0 Å². The predicted molar refractivity (Wildman–Crippen MR) is 94.8 cm³/mol. The van der Waals surface area contributed by atoms with Crippen molar-refractivity contribution in [3.05, 3.63) is 70.3 Å². The minimum atomic E-state index is -0.242. The molecule has 2 aliphatic rings. The first-order valence-corrected chi connectivity index (χ1v) is 8.29. The largest absolute Gasteiger partial charge is 0.302 e. The second-order valence-corrected chi connectivity index (χ2v) is 7.11. The summed E-state index contributed by atoms with van der Waals surface area (Å²) in [5.74, 6) is 0.212. The van der Waals surface area contributed by atoms with Crippen molar-refractivity contribution in [3.63, 3.8) is 0 Å². The maximum atomic E-state index is 12.4. The van der Waals surface area contributed by atoms with Gasteiger partial charge in [0.1, 0.15) is 0 Å². The van der Waals surface area contributed by atoms with Gasteiger partial charge in [0, 0.05) is 17.0 Å². The van der Waals surface area contributed by atoms with E-state index in [2.05, 4.69) is 50.3 Å². The van der Waals surface area contributed by atoms with E-state index in [1.165, 1.54) is 11.1 Å². The quantitative estimate of drug-likeness (QED) is 0.725. The fourth-order valence-corrected chi connectivity index (χ4v) is 3.86.